The van der Waals surface area contributed by atoms with Gasteiger partial charge < -0.3 is 4.90 Å². The number of rotatable bonds is 3. The van der Waals surface area contributed by atoms with E-state index in [-0.39, 0.29) is 0 Å². The van der Waals surface area contributed by atoms with Crippen LogP contribution < -0.4 is 4.90 Å². The molecule has 0 atom stereocenters. The highest BCUT2D eigenvalue weighted by molar-refractivity contribution is 5.60. The molecule has 0 heterocycles. The lowest BCUT2D eigenvalue weighted by atomic mass is 10.1. The Bertz CT molecular complexity index is 623. The molecule has 0 amide bonds. The van der Waals surface area contributed by atoms with E-state index in [1.165, 1.54) is 16.7 Å². The Morgan fingerprint density at radius 1 is 1.05 bits per heavy atom. The lowest BCUT2D eigenvalue weighted by Crippen LogP contribution is -2.17. The van der Waals surface area contributed by atoms with Crippen molar-refractivity contribution in [2.75, 3.05) is 11.9 Å². The van der Waals surface area contributed by atoms with Crippen LogP contribution in [0.25, 0.3) is 0 Å². The van der Waals surface area contributed by atoms with Crippen LogP contribution in [0.2, 0.25) is 0 Å². The largest absolute Gasteiger partial charge is 0.369 e. The quantitative estimate of drug-likeness (QED) is 0.828. The second kappa shape index (κ2) is 5.58. The number of hydrogen-bond donors (Lipinski definition) is 0. The van der Waals surface area contributed by atoms with Crippen LogP contribution in [0.15, 0.2) is 42.5 Å². The minimum Gasteiger partial charge on any atom is -0.369 e. The van der Waals surface area contributed by atoms with Crippen molar-refractivity contribution in [3.63, 3.8) is 0 Å². The Morgan fingerprint density at radius 2 is 1.79 bits per heavy atom. The molecule has 96 valence electrons. The van der Waals surface area contributed by atoms with Gasteiger partial charge in [0.1, 0.15) is 6.07 Å². The van der Waals surface area contributed by atoms with Gasteiger partial charge >= 0.3 is 0 Å². The Kier molecular flexibility index (Phi) is 3.87. The molecule has 0 spiro atoms. The molecule has 2 nitrogen and oxygen atoms in total. The van der Waals surface area contributed by atoms with E-state index in [2.05, 4.69) is 48.2 Å². The van der Waals surface area contributed by atoms with Crippen LogP contribution in [0, 0.1) is 25.2 Å². The maximum Gasteiger partial charge on any atom is 0.101 e. The standard InChI is InChI=1S/C17H18N2/c1-13-5-4-6-15(9-13)12-19(3)17-10-14(2)7-8-16(17)11-18/h4-10H,12H2,1-3H3. The highest BCUT2D eigenvalue weighted by Crippen LogP contribution is 2.22. The molecule has 0 saturated carbocycles. The number of anilines is 1. The van der Waals surface area contributed by atoms with Crippen LogP contribution in [0.1, 0.15) is 22.3 Å². The predicted octanol–water partition coefficient (Wildman–Crippen LogP) is 3.81. The maximum absolute atomic E-state index is 9.19. The molecule has 0 aliphatic carbocycles. The lowest BCUT2D eigenvalue weighted by molar-refractivity contribution is 0.918. The molecule has 2 aromatic carbocycles. The molecule has 0 bridgehead atoms. The smallest absolute Gasteiger partial charge is 0.101 e. The monoisotopic (exact) mass is 250 g/mol. The number of nitriles is 1. The summed E-state index contributed by atoms with van der Waals surface area (Å²) in [5.41, 5.74) is 5.40. The van der Waals surface area contributed by atoms with Crippen LogP contribution in [0.5, 0.6) is 0 Å². The summed E-state index contributed by atoms with van der Waals surface area (Å²) in [6.07, 6.45) is 0. The Morgan fingerprint density at radius 3 is 2.47 bits per heavy atom. The number of aryl methyl sites for hydroxylation is 2. The van der Waals surface area contributed by atoms with Gasteiger partial charge in [0.25, 0.3) is 0 Å². The zero-order valence-corrected chi connectivity index (χ0v) is 11.6. The van der Waals surface area contributed by atoms with Gasteiger partial charge in [-0.1, -0.05) is 35.9 Å². The summed E-state index contributed by atoms with van der Waals surface area (Å²) < 4.78 is 0. The first-order valence-electron chi connectivity index (χ1n) is 6.37. The highest BCUT2D eigenvalue weighted by atomic mass is 15.1. The predicted molar refractivity (Wildman–Crippen MR) is 79.2 cm³/mol. The molecule has 0 saturated heterocycles. The minimum absolute atomic E-state index is 0.723. The maximum atomic E-state index is 9.19. The number of benzene rings is 2. The van der Waals surface area contributed by atoms with Crippen molar-refractivity contribution in [2.45, 2.75) is 20.4 Å². The second-order valence-electron chi connectivity index (χ2n) is 4.98. The Labute approximate surface area is 114 Å². The van der Waals surface area contributed by atoms with E-state index < -0.39 is 0 Å². The normalized spacial score (nSPS) is 10.0. The molecular formula is C17H18N2. The van der Waals surface area contributed by atoms with E-state index in [1.54, 1.807) is 0 Å². The van der Waals surface area contributed by atoms with E-state index in [4.69, 9.17) is 0 Å². The van der Waals surface area contributed by atoms with E-state index in [1.807, 2.05) is 26.1 Å². The summed E-state index contributed by atoms with van der Waals surface area (Å²) >= 11 is 0. The summed E-state index contributed by atoms with van der Waals surface area (Å²) in [7, 11) is 2.03. The molecule has 19 heavy (non-hydrogen) atoms. The van der Waals surface area contributed by atoms with Crippen LogP contribution in [0.3, 0.4) is 0 Å². The van der Waals surface area contributed by atoms with Crippen molar-refractivity contribution in [3.8, 4) is 6.07 Å². The molecule has 2 aromatic rings. The van der Waals surface area contributed by atoms with E-state index in [0.717, 1.165) is 17.8 Å². The van der Waals surface area contributed by atoms with Crippen LogP contribution in [-0.2, 0) is 6.54 Å². The van der Waals surface area contributed by atoms with Gasteiger partial charge in [0, 0.05) is 13.6 Å². The highest BCUT2D eigenvalue weighted by Gasteiger charge is 2.08. The minimum atomic E-state index is 0.723. The van der Waals surface area contributed by atoms with Crippen molar-refractivity contribution < 1.29 is 0 Å². The zero-order chi connectivity index (χ0) is 13.8. The number of hydrogen-bond acceptors (Lipinski definition) is 2. The van der Waals surface area contributed by atoms with Gasteiger partial charge in [-0.2, -0.15) is 5.26 Å². The molecule has 2 heteroatoms. The van der Waals surface area contributed by atoms with Gasteiger partial charge in [0.05, 0.1) is 11.3 Å². The molecule has 0 fully saturated rings. The van der Waals surface area contributed by atoms with Crippen LogP contribution >= 0.6 is 0 Å². The van der Waals surface area contributed by atoms with Crippen LogP contribution in [-0.4, -0.2) is 7.05 Å². The summed E-state index contributed by atoms with van der Waals surface area (Å²) in [6, 6.07) is 16.6. The molecule has 0 aliphatic rings. The molecule has 0 N–H and O–H groups in total. The first-order valence-corrected chi connectivity index (χ1v) is 6.37. The van der Waals surface area contributed by atoms with E-state index >= 15 is 0 Å². The van der Waals surface area contributed by atoms with Gasteiger partial charge in [-0.3, -0.25) is 0 Å². The fraction of sp³-hybridized carbons (Fsp3) is 0.235. The number of nitrogens with zero attached hydrogens (tertiary/aromatic N) is 2. The Hall–Kier alpha value is -2.27. The van der Waals surface area contributed by atoms with Gasteiger partial charge in [-0.15, -0.1) is 0 Å². The zero-order valence-electron chi connectivity index (χ0n) is 11.6. The molecule has 2 rings (SSSR count). The van der Waals surface area contributed by atoms with Crippen LogP contribution in [0.4, 0.5) is 5.69 Å². The summed E-state index contributed by atoms with van der Waals surface area (Å²) in [4.78, 5) is 2.13. The molecule has 0 aromatic heterocycles. The molecule has 0 aliphatic heterocycles. The van der Waals surface area contributed by atoms with Gasteiger partial charge in [0.15, 0.2) is 0 Å². The fourth-order valence-electron chi connectivity index (χ4n) is 2.22. The lowest BCUT2D eigenvalue weighted by Gasteiger charge is -2.21. The first-order chi connectivity index (χ1) is 9.10. The molecule has 0 radical (unpaired) electrons. The van der Waals surface area contributed by atoms with Crippen molar-refractivity contribution in [2.24, 2.45) is 0 Å². The van der Waals surface area contributed by atoms with Crippen molar-refractivity contribution in [1.29, 1.82) is 5.26 Å². The second-order valence-corrected chi connectivity index (χ2v) is 4.98. The summed E-state index contributed by atoms with van der Waals surface area (Å²) in [5, 5.41) is 9.19. The third kappa shape index (κ3) is 3.14. The van der Waals surface area contributed by atoms with E-state index in [9.17, 15) is 5.26 Å². The van der Waals surface area contributed by atoms with Crippen molar-refractivity contribution in [3.05, 3.63) is 64.7 Å². The molecular weight excluding hydrogens is 232 g/mol. The molecule has 0 unspecified atom stereocenters. The summed E-state index contributed by atoms with van der Waals surface area (Å²) in [6.45, 7) is 4.95. The third-order valence-electron chi connectivity index (χ3n) is 3.19. The third-order valence-corrected chi connectivity index (χ3v) is 3.19. The van der Waals surface area contributed by atoms with Gasteiger partial charge in [-0.05, 0) is 37.1 Å². The summed E-state index contributed by atoms with van der Waals surface area (Å²) in [5.74, 6) is 0. The van der Waals surface area contributed by atoms with E-state index in [0.29, 0.717) is 0 Å². The SMILES string of the molecule is Cc1cccc(CN(C)c2cc(C)ccc2C#N)c1. The average Bonchev–Trinajstić information content (AvgIpc) is 2.38. The average molecular weight is 250 g/mol. The fourth-order valence-corrected chi connectivity index (χ4v) is 2.22. The first kappa shape index (κ1) is 13.2. The van der Waals surface area contributed by atoms with Crippen molar-refractivity contribution >= 4 is 5.69 Å². The van der Waals surface area contributed by atoms with Crippen molar-refractivity contribution in [1.82, 2.24) is 0 Å². The Balaban J connectivity index is 2.27. The van der Waals surface area contributed by atoms with Gasteiger partial charge in [-0.25, -0.2) is 0 Å². The van der Waals surface area contributed by atoms with Gasteiger partial charge in [0.2, 0.25) is 0 Å². The topological polar surface area (TPSA) is 27.0 Å².